The third-order valence-electron chi connectivity index (χ3n) is 3.36. The molecular formula is C14H23ClN2S. The van der Waals surface area contributed by atoms with E-state index in [4.69, 9.17) is 11.6 Å². The molecule has 1 saturated heterocycles. The van der Waals surface area contributed by atoms with Gasteiger partial charge in [0.25, 0.3) is 0 Å². The molecule has 0 aromatic carbocycles. The molecule has 0 radical (unpaired) electrons. The number of nitrogens with zero attached hydrogens (tertiary/aromatic N) is 1. The molecule has 0 bridgehead atoms. The molecule has 1 fully saturated rings. The molecule has 1 N–H and O–H groups in total. The van der Waals surface area contributed by atoms with Crippen LogP contribution in [0.1, 0.15) is 25.1 Å². The van der Waals surface area contributed by atoms with Gasteiger partial charge in [0.15, 0.2) is 0 Å². The molecule has 1 aliphatic heterocycles. The molecule has 0 amide bonds. The van der Waals surface area contributed by atoms with Crippen molar-refractivity contribution in [3.8, 4) is 0 Å². The first kappa shape index (κ1) is 14.3. The van der Waals surface area contributed by atoms with E-state index in [1.54, 1.807) is 11.3 Å². The van der Waals surface area contributed by atoms with Crippen LogP contribution in [-0.2, 0) is 6.54 Å². The van der Waals surface area contributed by atoms with Crippen LogP contribution in [0.3, 0.4) is 0 Å². The molecule has 0 spiro atoms. The summed E-state index contributed by atoms with van der Waals surface area (Å²) in [5.41, 5.74) is 0. The summed E-state index contributed by atoms with van der Waals surface area (Å²) < 4.78 is 0.902. The van der Waals surface area contributed by atoms with E-state index in [0.29, 0.717) is 0 Å². The molecular weight excluding hydrogens is 264 g/mol. The van der Waals surface area contributed by atoms with Crippen molar-refractivity contribution < 1.29 is 0 Å². The minimum absolute atomic E-state index is 0.746. The van der Waals surface area contributed by atoms with E-state index in [2.05, 4.69) is 30.1 Å². The topological polar surface area (TPSA) is 15.3 Å². The van der Waals surface area contributed by atoms with Crippen molar-refractivity contribution in [1.82, 2.24) is 10.2 Å². The Morgan fingerprint density at radius 1 is 1.50 bits per heavy atom. The van der Waals surface area contributed by atoms with Gasteiger partial charge in [0, 0.05) is 18.0 Å². The lowest BCUT2D eigenvalue weighted by atomic mass is 10.1. The summed E-state index contributed by atoms with van der Waals surface area (Å²) in [7, 11) is 0. The normalized spacial score (nSPS) is 21.0. The molecule has 1 aromatic rings. The number of hydrogen-bond donors (Lipinski definition) is 1. The lowest BCUT2D eigenvalue weighted by molar-refractivity contribution is 0.316. The van der Waals surface area contributed by atoms with Gasteiger partial charge < -0.3 is 5.32 Å². The second-order valence-corrected chi connectivity index (χ2v) is 7.45. The Kier molecular flexibility index (Phi) is 5.49. The van der Waals surface area contributed by atoms with Crippen LogP contribution >= 0.6 is 22.9 Å². The molecule has 1 aromatic heterocycles. The van der Waals surface area contributed by atoms with Crippen LogP contribution < -0.4 is 5.32 Å². The highest BCUT2D eigenvalue weighted by atomic mass is 35.5. The lowest BCUT2D eigenvalue weighted by Gasteiger charge is -2.15. The number of hydrogen-bond acceptors (Lipinski definition) is 3. The predicted molar refractivity (Wildman–Crippen MR) is 80.4 cm³/mol. The van der Waals surface area contributed by atoms with Gasteiger partial charge in [-0.2, -0.15) is 0 Å². The Hall–Kier alpha value is -0.0900. The van der Waals surface area contributed by atoms with Gasteiger partial charge in [0.2, 0.25) is 0 Å². The molecule has 2 nitrogen and oxygen atoms in total. The number of nitrogens with one attached hydrogen (secondary N) is 1. The highest BCUT2D eigenvalue weighted by Crippen LogP contribution is 2.25. The van der Waals surface area contributed by atoms with Crippen molar-refractivity contribution in [2.24, 2.45) is 11.8 Å². The fraction of sp³-hybridized carbons (Fsp3) is 0.714. The standard InChI is InChI=1S/C14H23ClN2S/c1-11(2)7-16-8-12-5-6-17(9-12)10-13-3-4-14(15)18-13/h3-4,11-12,16H,5-10H2,1-2H3. The van der Waals surface area contributed by atoms with Crippen LogP contribution in [0.2, 0.25) is 4.34 Å². The Morgan fingerprint density at radius 3 is 3.00 bits per heavy atom. The summed E-state index contributed by atoms with van der Waals surface area (Å²) in [5.74, 6) is 1.56. The van der Waals surface area contributed by atoms with Crippen molar-refractivity contribution in [2.75, 3.05) is 26.2 Å². The van der Waals surface area contributed by atoms with E-state index in [1.807, 2.05) is 6.07 Å². The number of thiophene rings is 1. The van der Waals surface area contributed by atoms with E-state index in [0.717, 1.165) is 29.3 Å². The Labute approximate surface area is 119 Å². The maximum atomic E-state index is 5.96. The fourth-order valence-corrected chi connectivity index (χ4v) is 3.59. The maximum absolute atomic E-state index is 5.96. The zero-order valence-corrected chi connectivity index (χ0v) is 12.9. The average molecular weight is 287 g/mol. The number of halogens is 1. The summed E-state index contributed by atoms with van der Waals surface area (Å²) in [6, 6.07) is 4.15. The van der Waals surface area contributed by atoms with Gasteiger partial charge in [-0.15, -0.1) is 11.3 Å². The first-order chi connectivity index (χ1) is 8.63. The van der Waals surface area contributed by atoms with E-state index in [1.165, 1.54) is 30.9 Å². The second kappa shape index (κ2) is 6.90. The number of likely N-dealkylation sites (tertiary alicyclic amines) is 1. The minimum Gasteiger partial charge on any atom is -0.316 e. The highest BCUT2D eigenvalue weighted by molar-refractivity contribution is 7.16. The second-order valence-electron chi connectivity index (χ2n) is 5.65. The Morgan fingerprint density at radius 2 is 2.33 bits per heavy atom. The Bertz CT molecular complexity index is 364. The maximum Gasteiger partial charge on any atom is 0.0931 e. The van der Waals surface area contributed by atoms with Crippen molar-refractivity contribution >= 4 is 22.9 Å². The van der Waals surface area contributed by atoms with Gasteiger partial charge in [0.05, 0.1) is 4.34 Å². The van der Waals surface area contributed by atoms with Gasteiger partial charge in [-0.05, 0) is 50.0 Å². The van der Waals surface area contributed by atoms with Crippen LogP contribution in [0.25, 0.3) is 0 Å². The van der Waals surface area contributed by atoms with Crippen LogP contribution in [0, 0.1) is 11.8 Å². The van der Waals surface area contributed by atoms with Crippen LogP contribution in [0.4, 0.5) is 0 Å². The molecule has 1 unspecified atom stereocenters. The van der Waals surface area contributed by atoms with Crippen LogP contribution in [-0.4, -0.2) is 31.1 Å². The SMILES string of the molecule is CC(C)CNCC1CCN(Cc2ccc(Cl)s2)C1. The van der Waals surface area contributed by atoms with Gasteiger partial charge >= 0.3 is 0 Å². The van der Waals surface area contributed by atoms with E-state index < -0.39 is 0 Å². The molecule has 0 aliphatic carbocycles. The first-order valence-corrected chi connectivity index (χ1v) is 8.00. The predicted octanol–water partition coefficient (Wildman–Crippen LogP) is 3.47. The van der Waals surface area contributed by atoms with E-state index in [9.17, 15) is 0 Å². The molecule has 4 heteroatoms. The molecule has 18 heavy (non-hydrogen) atoms. The monoisotopic (exact) mass is 286 g/mol. The smallest absolute Gasteiger partial charge is 0.0931 e. The van der Waals surface area contributed by atoms with Gasteiger partial charge in [-0.3, -0.25) is 4.90 Å². The van der Waals surface area contributed by atoms with E-state index in [-0.39, 0.29) is 0 Å². The van der Waals surface area contributed by atoms with Gasteiger partial charge in [-0.25, -0.2) is 0 Å². The Balaban J connectivity index is 1.68. The van der Waals surface area contributed by atoms with Crippen LogP contribution in [0.5, 0.6) is 0 Å². The average Bonchev–Trinajstić information content (AvgIpc) is 2.89. The molecule has 1 aliphatic rings. The number of rotatable bonds is 6. The summed E-state index contributed by atoms with van der Waals surface area (Å²) in [4.78, 5) is 3.93. The highest BCUT2D eigenvalue weighted by Gasteiger charge is 2.22. The van der Waals surface area contributed by atoms with E-state index >= 15 is 0 Å². The van der Waals surface area contributed by atoms with Crippen molar-refractivity contribution in [1.29, 1.82) is 0 Å². The summed E-state index contributed by atoms with van der Waals surface area (Å²) in [6.45, 7) is 10.3. The summed E-state index contributed by atoms with van der Waals surface area (Å²) in [6.07, 6.45) is 1.32. The van der Waals surface area contributed by atoms with Crippen molar-refractivity contribution in [3.63, 3.8) is 0 Å². The molecule has 102 valence electrons. The third-order valence-corrected chi connectivity index (χ3v) is 4.58. The minimum atomic E-state index is 0.746. The van der Waals surface area contributed by atoms with Crippen molar-refractivity contribution in [3.05, 3.63) is 21.3 Å². The van der Waals surface area contributed by atoms with Gasteiger partial charge in [0.1, 0.15) is 0 Å². The zero-order valence-electron chi connectivity index (χ0n) is 11.3. The molecule has 0 saturated carbocycles. The summed E-state index contributed by atoms with van der Waals surface area (Å²) >= 11 is 7.67. The zero-order chi connectivity index (χ0) is 13.0. The fourth-order valence-electron chi connectivity index (χ4n) is 2.46. The van der Waals surface area contributed by atoms with Crippen LogP contribution in [0.15, 0.2) is 12.1 Å². The molecule has 1 atom stereocenters. The largest absolute Gasteiger partial charge is 0.316 e. The summed E-state index contributed by atoms with van der Waals surface area (Å²) in [5, 5.41) is 3.57. The van der Waals surface area contributed by atoms with Crippen molar-refractivity contribution in [2.45, 2.75) is 26.8 Å². The third kappa shape index (κ3) is 4.54. The van der Waals surface area contributed by atoms with Gasteiger partial charge in [-0.1, -0.05) is 25.4 Å². The first-order valence-electron chi connectivity index (χ1n) is 6.80. The quantitative estimate of drug-likeness (QED) is 0.861. The lowest BCUT2D eigenvalue weighted by Crippen LogP contribution is -2.28. The molecule has 2 rings (SSSR count). The molecule has 2 heterocycles.